The maximum atomic E-state index is 10.4. The summed E-state index contributed by atoms with van der Waals surface area (Å²) in [5.41, 5.74) is 1.41. The van der Waals surface area contributed by atoms with Crippen molar-refractivity contribution in [3.05, 3.63) is 35.9 Å². The quantitative estimate of drug-likeness (QED) is 0.832. The van der Waals surface area contributed by atoms with Crippen LogP contribution in [0.2, 0.25) is 18.1 Å². The van der Waals surface area contributed by atoms with E-state index in [1.807, 2.05) is 0 Å². The number of hydrogen-bond donors (Lipinski definition) is 1. The first-order valence-electron chi connectivity index (χ1n) is 7.76. The molecule has 0 unspecified atom stereocenters. The van der Waals surface area contributed by atoms with Gasteiger partial charge in [-0.1, -0.05) is 44.2 Å². The SMILES string of the molecule is CC(C)(C[C@@H]1CCN(Cc2ccccc2)C1)[Si](C)(C)O. The highest BCUT2D eigenvalue weighted by Crippen LogP contribution is 2.43. The van der Waals surface area contributed by atoms with Crippen molar-refractivity contribution in [3.63, 3.8) is 0 Å². The highest BCUT2D eigenvalue weighted by molar-refractivity contribution is 6.72. The zero-order chi connectivity index (χ0) is 14.8. The standard InChI is InChI=1S/C17H29NOSi/c1-17(2,20(3,4)19)12-16-10-11-18(14-16)13-15-8-6-5-7-9-15/h5-9,16,19H,10-14H2,1-4H3/t16-/m0/s1. The van der Waals surface area contributed by atoms with Gasteiger partial charge < -0.3 is 4.80 Å². The van der Waals surface area contributed by atoms with Crippen LogP contribution in [-0.2, 0) is 6.54 Å². The number of nitrogens with zero attached hydrogens (tertiary/aromatic N) is 1. The maximum Gasteiger partial charge on any atom is 0.188 e. The normalized spacial score (nSPS) is 21.4. The van der Waals surface area contributed by atoms with Crippen molar-refractivity contribution in [2.75, 3.05) is 13.1 Å². The Bertz CT molecular complexity index is 424. The monoisotopic (exact) mass is 291 g/mol. The Labute approximate surface area is 124 Å². The van der Waals surface area contributed by atoms with Gasteiger partial charge in [-0.3, -0.25) is 4.90 Å². The second kappa shape index (κ2) is 6.00. The van der Waals surface area contributed by atoms with Gasteiger partial charge in [-0.25, -0.2) is 0 Å². The molecule has 1 aromatic carbocycles. The third-order valence-corrected chi connectivity index (χ3v) is 8.59. The molecule has 0 amide bonds. The van der Waals surface area contributed by atoms with Crippen molar-refractivity contribution in [1.82, 2.24) is 4.90 Å². The molecule has 1 atom stereocenters. The minimum Gasteiger partial charge on any atom is -0.432 e. The molecule has 0 aromatic heterocycles. The molecule has 0 aliphatic carbocycles. The van der Waals surface area contributed by atoms with E-state index in [1.54, 1.807) is 0 Å². The molecule has 1 heterocycles. The van der Waals surface area contributed by atoms with Gasteiger partial charge in [-0.2, -0.15) is 0 Å². The van der Waals surface area contributed by atoms with Crippen LogP contribution >= 0.6 is 0 Å². The van der Waals surface area contributed by atoms with Gasteiger partial charge in [0.1, 0.15) is 0 Å². The van der Waals surface area contributed by atoms with Crippen molar-refractivity contribution in [1.29, 1.82) is 0 Å². The van der Waals surface area contributed by atoms with Crippen molar-refractivity contribution in [3.8, 4) is 0 Å². The Balaban J connectivity index is 1.87. The van der Waals surface area contributed by atoms with Crippen molar-refractivity contribution in [2.45, 2.75) is 51.4 Å². The van der Waals surface area contributed by atoms with Crippen LogP contribution in [0, 0.1) is 5.92 Å². The molecule has 0 spiro atoms. The molecule has 2 rings (SSSR count). The van der Waals surface area contributed by atoms with Crippen LogP contribution in [0.25, 0.3) is 0 Å². The van der Waals surface area contributed by atoms with E-state index < -0.39 is 8.32 Å². The fourth-order valence-corrected chi connectivity index (χ4v) is 3.82. The summed E-state index contributed by atoms with van der Waals surface area (Å²) in [5.74, 6) is 0.743. The van der Waals surface area contributed by atoms with E-state index >= 15 is 0 Å². The summed E-state index contributed by atoms with van der Waals surface area (Å²) >= 11 is 0. The molecule has 1 N–H and O–H groups in total. The first-order chi connectivity index (χ1) is 9.28. The molecule has 0 saturated carbocycles. The molecule has 1 aliphatic heterocycles. The summed E-state index contributed by atoms with van der Waals surface area (Å²) in [6.45, 7) is 12.1. The van der Waals surface area contributed by atoms with Gasteiger partial charge in [-0.05, 0) is 49.0 Å². The lowest BCUT2D eigenvalue weighted by molar-refractivity contribution is 0.302. The van der Waals surface area contributed by atoms with Crippen LogP contribution in [0.5, 0.6) is 0 Å². The van der Waals surface area contributed by atoms with Crippen LogP contribution in [0.4, 0.5) is 0 Å². The lowest BCUT2D eigenvalue weighted by atomic mass is 9.95. The molecule has 1 aliphatic rings. The zero-order valence-corrected chi connectivity index (χ0v) is 14.4. The van der Waals surface area contributed by atoms with Gasteiger partial charge in [0.25, 0.3) is 0 Å². The van der Waals surface area contributed by atoms with E-state index in [-0.39, 0.29) is 5.04 Å². The Morgan fingerprint density at radius 1 is 1.25 bits per heavy atom. The molecule has 2 nitrogen and oxygen atoms in total. The second-order valence-electron chi connectivity index (χ2n) is 7.52. The van der Waals surface area contributed by atoms with Gasteiger partial charge in [0.2, 0.25) is 0 Å². The topological polar surface area (TPSA) is 23.5 Å². The predicted octanol–water partition coefficient (Wildman–Crippen LogP) is 3.88. The first kappa shape index (κ1) is 15.7. The smallest absolute Gasteiger partial charge is 0.188 e. The van der Waals surface area contributed by atoms with Gasteiger partial charge in [0.15, 0.2) is 8.32 Å². The van der Waals surface area contributed by atoms with E-state index in [1.165, 1.54) is 25.1 Å². The minimum absolute atomic E-state index is 0.112. The van der Waals surface area contributed by atoms with Crippen LogP contribution in [0.3, 0.4) is 0 Å². The summed E-state index contributed by atoms with van der Waals surface area (Å²) in [6.07, 6.45) is 2.44. The molecule has 3 heteroatoms. The molecule has 0 bridgehead atoms. The summed E-state index contributed by atoms with van der Waals surface area (Å²) in [6, 6.07) is 10.7. The van der Waals surface area contributed by atoms with Crippen LogP contribution in [0.15, 0.2) is 30.3 Å². The third kappa shape index (κ3) is 3.93. The van der Waals surface area contributed by atoms with Crippen molar-refractivity contribution < 1.29 is 4.80 Å². The van der Waals surface area contributed by atoms with E-state index in [0.717, 1.165) is 18.9 Å². The average molecular weight is 292 g/mol. The van der Waals surface area contributed by atoms with Crippen LogP contribution in [-0.4, -0.2) is 31.1 Å². The minimum atomic E-state index is -2.07. The number of hydrogen-bond acceptors (Lipinski definition) is 2. The van der Waals surface area contributed by atoms with E-state index in [0.29, 0.717) is 0 Å². The van der Waals surface area contributed by atoms with Crippen molar-refractivity contribution in [2.24, 2.45) is 5.92 Å². The molecule has 1 fully saturated rings. The summed E-state index contributed by atoms with van der Waals surface area (Å²) in [7, 11) is -2.07. The van der Waals surface area contributed by atoms with E-state index in [9.17, 15) is 4.80 Å². The average Bonchev–Trinajstić information content (AvgIpc) is 2.75. The molecule has 1 aromatic rings. The van der Waals surface area contributed by atoms with Gasteiger partial charge in [0, 0.05) is 13.1 Å². The predicted molar refractivity (Wildman–Crippen MR) is 88.2 cm³/mol. The first-order valence-corrected chi connectivity index (χ1v) is 10.7. The molecule has 1 saturated heterocycles. The zero-order valence-electron chi connectivity index (χ0n) is 13.4. The van der Waals surface area contributed by atoms with Crippen molar-refractivity contribution >= 4 is 8.32 Å². The Morgan fingerprint density at radius 2 is 1.90 bits per heavy atom. The van der Waals surface area contributed by atoms with Gasteiger partial charge >= 0.3 is 0 Å². The van der Waals surface area contributed by atoms with Gasteiger partial charge in [0.05, 0.1) is 0 Å². The number of benzene rings is 1. The molecule has 20 heavy (non-hydrogen) atoms. The Morgan fingerprint density at radius 3 is 2.50 bits per heavy atom. The Kier molecular flexibility index (Phi) is 4.72. The van der Waals surface area contributed by atoms with Gasteiger partial charge in [-0.15, -0.1) is 0 Å². The highest BCUT2D eigenvalue weighted by atomic mass is 28.4. The second-order valence-corrected chi connectivity index (χ2v) is 12.0. The largest absolute Gasteiger partial charge is 0.432 e. The highest BCUT2D eigenvalue weighted by Gasteiger charge is 2.40. The summed E-state index contributed by atoms with van der Waals surface area (Å²) in [4.78, 5) is 13.0. The Hall–Kier alpha value is -0.643. The molecular weight excluding hydrogens is 262 g/mol. The van der Waals surface area contributed by atoms with E-state index in [2.05, 4.69) is 62.2 Å². The molecular formula is C17H29NOSi. The molecule has 112 valence electrons. The lowest BCUT2D eigenvalue weighted by Gasteiger charge is -2.37. The fourth-order valence-electron chi connectivity index (χ4n) is 3.04. The lowest BCUT2D eigenvalue weighted by Crippen LogP contribution is -2.40. The summed E-state index contributed by atoms with van der Waals surface area (Å²) in [5, 5.41) is 0.112. The maximum absolute atomic E-state index is 10.4. The summed E-state index contributed by atoms with van der Waals surface area (Å²) < 4.78 is 0. The number of likely N-dealkylation sites (tertiary alicyclic amines) is 1. The van der Waals surface area contributed by atoms with Crippen LogP contribution in [0.1, 0.15) is 32.3 Å². The third-order valence-electron chi connectivity index (χ3n) is 5.07. The fraction of sp³-hybridized carbons (Fsp3) is 0.647. The molecule has 0 radical (unpaired) electrons. The van der Waals surface area contributed by atoms with E-state index in [4.69, 9.17) is 0 Å². The number of rotatable bonds is 5. The van der Waals surface area contributed by atoms with Crippen LogP contribution < -0.4 is 0 Å².